The third-order valence-electron chi connectivity index (χ3n) is 2.81. The van der Waals surface area contributed by atoms with E-state index in [1.807, 2.05) is 37.3 Å². The summed E-state index contributed by atoms with van der Waals surface area (Å²) in [5, 5.41) is 15.2. The summed E-state index contributed by atoms with van der Waals surface area (Å²) in [5.74, 6) is 1.58. The summed E-state index contributed by atoms with van der Waals surface area (Å²) in [6.45, 7) is 1.96. The predicted molar refractivity (Wildman–Crippen MR) is 76.4 cm³/mol. The van der Waals surface area contributed by atoms with Crippen LogP contribution in [0.15, 0.2) is 36.4 Å². The van der Waals surface area contributed by atoms with Crippen LogP contribution in [0, 0.1) is 0 Å². The summed E-state index contributed by atoms with van der Waals surface area (Å²) in [5.41, 5.74) is 1.59. The lowest BCUT2D eigenvalue weighted by Gasteiger charge is -2.10. The molecule has 7 heteroatoms. The van der Waals surface area contributed by atoms with Gasteiger partial charge in [0.05, 0.1) is 7.11 Å². The van der Waals surface area contributed by atoms with Crippen molar-refractivity contribution in [3.63, 3.8) is 0 Å². The molecule has 21 heavy (non-hydrogen) atoms. The van der Waals surface area contributed by atoms with Crippen LogP contribution in [0.4, 0.5) is 0 Å². The second kappa shape index (κ2) is 5.58. The van der Waals surface area contributed by atoms with Crippen LogP contribution in [0.2, 0.25) is 0 Å². The highest BCUT2D eigenvalue weighted by atomic mass is 16.5. The molecule has 0 radical (unpaired) electrons. The Bertz CT molecular complexity index is 797. The van der Waals surface area contributed by atoms with Crippen LogP contribution in [-0.2, 0) is 0 Å². The van der Waals surface area contributed by atoms with Gasteiger partial charge >= 0.3 is 0 Å². The number of hydrogen-bond donors (Lipinski definition) is 0. The summed E-state index contributed by atoms with van der Waals surface area (Å²) < 4.78 is 12.4. The number of tetrazole rings is 1. The summed E-state index contributed by atoms with van der Waals surface area (Å²) in [6, 6.07) is 9.09. The molecule has 3 rings (SSSR count). The van der Waals surface area contributed by atoms with E-state index in [4.69, 9.17) is 9.47 Å². The molecule has 0 N–H and O–H groups in total. The lowest BCUT2D eigenvalue weighted by atomic mass is 10.2. The number of aromatic nitrogens is 5. The Balaban J connectivity index is 1.92. The van der Waals surface area contributed by atoms with E-state index in [1.54, 1.807) is 19.2 Å². The molecule has 0 atom stereocenters. The second-order valence-electron chi connectivity index (χ2n) is 4.21. The van der Waals surface area contributed by atoms with Crippen molar-refractivity contribution in [2.45, 2.75) is 6.92 Å². The minimum atomic E-state index is 0.381. The molecule has 0 saturated carbocycles. The fraction of sp³-hybridized carbons (Fsp3) is 0.143. The zero-order valence-electron chi connectivity index (χ0n) is 11.6. The number of benzene rings is 1. The van der Waals surface area contributed by atoms with E-state index < -0.39 is 0 Å². The monoisotopic (exact) mass is 283 g/mol. The number of fused-ring (bicyclic) bond motifs is 1. The lowest BCUT2D eigenvalue weighted by molar-refractivity contribution is 0.370. The summed E-state index contributed by atoms with van der Waals surface area (Å²) in [4.78, 5) is 0. The minimum Gasteiger partial charge on any atom is -0.493 e. The van der Waals surface area contributed by atoms with Crippen molar-refractivity contribution in [1.29, 1.82) is 0 Å². The van der Waals surface area contributed by atoms with Gasteiger partial charge in [0.25, 0.3) is 0 Å². The lowest BCUT2D eigenvalue weighted by Crippen LogP contribution is -1.98. The molecular weight excluding hydrogens is 270 g/mol. The van der Waals surface area contributed by atoms with Gasteiger partial charge in [0.2, 0.25) is 5.88 Å². The van der Waals surface area contributed by atoms with Crippen molar-refractivity contribution in [3.05, 3.63) is 42.0 Å². The highest BCUT2D eigenvalue weighted by Gasteiger charge is 2.08. The third kappa shape index (κ3) is 2.66. The van der Waals surface area contributed by atoms with Gasteiger partial charge in [-0.2, -0.15) is 0 Å². The number of nitrogens with zero attached hydrogens (tertiary/aromatic N) is 5. The fourth-order valence-corrected chi connectivity index (χ4v) is 1.86. The maximum Gasteiger partial charge on any atom is 0.239 e. The maximum atomic E-state index is 5.73. The van der Waals surface area contributed by atoms with Crippen molar-refractivity contribution in [3.8, 4) is 17.4 Å². The first kappa shape index (κ1) is 13.0. The first-order valence-corrected chi connectivity index (χ1v) is 6.34. The molecule has 0 bridgehead atoms. The van der Waals surface area contributed by atoms with Gasteiger partial charge in [-0.15, -0.1) is 14.8 Å². The van der Waals surface area contributed by atoms with Gasteiger partial charge in [-0.3, -0.25) is 0 Å². The van der Waals surface area contributed by atoms with Crippen molar-refractivity contribution < 1.29 is 9.47 Å². The molecule has 0 aliphatic carbocycles. The molecule has 0 spiro atoms. The second-order valence-corrected chi connectivity index (χ2v) is 4.21. The van der Waals surface area contributed by atoms with Crippen LogP contribution < -0.4 is 9.47 Å². The molecule has 0 aliphatic heterocycles. The maximum absolute atomic E-state index is 5.73. The van der Waals surface area contributed by atoms with E-state index in [0.29, 0.717) is 23.0 Å². The van der Waals surface area contributed by atoms with Gasteiger partial charge in [-0.05, 0) is 41.1 Å². The highest BCUT2D eigenvalue weighted by molar-refractivity contribution is 5.56. The molecule has 2 aromatic heterocycles. The summed E-state index contributed by atoms with van der Waals surface area (Å²) in [7, 11) is 1.60. The van der Waals surface area contributed by atoms with Gasteiger partial charge in [0.1, 0.15) is 0 Å². The molecule has 0 aliphatic rings. The smallest absolute Gasteiger partial charge is 0.239 e. The molecule has 0 amide bonds. The Morgan fingerprint density at radius 1 is 1.14 bits per heavy atom. The molecule has 0 unspecified atom stereocenters. The Morgan fingerprint density at radius 2 is 2.05 bits per heavy atom. The first-order valence-electron chi connectivity index (χ1n) is 6.34. The quantitative estimate of drug-likeness (QED) is 0.731. The van der Waals surface area contributed by atoms with Crippen molar-refractivity contribution >= 4 is 11.7 Å². The molecule has 0 fully saturated rings. The Hall–Kier alpha value is -2.96. The summed E-state index contributed by atoms with van der Waals surface area (Å²) in [6.07, 6.45) is 3.94. The minimum absolute atomic E-state index is 0.381. The zero-order chi connectivity index (χ0) is 14.7. The van der Waals surface area contributed by atoms with Gasteiger partial charge < -0.3 is 9.47 Å². The molecule has 0 saturated heterocycles. The molecule has 2 heterocycles. The number of hydrogen-bond acceptors (Lipinski definition) is 6. The third-order valence-corrected chi connectivity index (χ3v) is 2.81. The molecule has 1 aromatic carbocycles. The molecule has 106 valence electrons. The van der Waals surface area contributed by atoms with Gasteiger partial charge in [-0.1, -0.05) is 18.2 Å². The molecule has 3 aromatic rings. The van der Waals surface area contributed by atoms with E-state index in [2.05, 4.69) is 20.6 Å². The van der Waals surface area contributed by atoms with Crippen LogP contribution >= 0.6 is 0 Å². The normalized spacial score (nSPS) is 11.1. The first-order chi connectivity index (χ1) is 10.3. The fourth-order valence-electron chi connectivity index (χ4n) is 1.86. The van der Waals surface area contributed by atoms with E-state index in [0.717, 1.165) is 5.56 Å². The number of methoxy groups -OCH3 is 1. The standard InChI is InChI=1S/C14H13N5O2/c1-3-4-10-5-6-11(12(9-10)20-2)21-14-8-7-13-15-17-18-19(13)16-14/h3-9H,1-2H3. The van der Waals surface area contributed by atoms with E-state index in [1.165, 1.54) is 4.63 Å². The Morgan fingerprint density at radius 3 is 2.86 bits per heavy atom. The molecular formula is C14H13N5O2. The van der Waals surface area contributed by atoms with Crippen LogP contribution in [-0.4, -0.2) is 32.4 Å². The number of allylic oxidation sites excluding steroid dienone is 1. The van der Waals surface area contributed by atoms with Crippen molar-refractivity contribution in [2.75, 3.05) is 7.11 Å². The topological polar surface area (TPSA) is 74.4 Å². The van der Waals surface area contributed by atoms with E-state index in [-0.39, 0.29) is 0 Å². The average Bonchev–Trinajstić information content (AvgIpc) is 2.96. The zero-order valence-corrected chi connectivity index (χ0v) is 11.6. The van der Waals surface area contributed by atoms with Crippen molar-refractivity contribution in [1.82, 2.24) is 25.3 Å². The van der Waals surface area contributed by atoms with Crippen molar-refractivity contribution in [2.24, 2.45) is 0 Å². The van der Waals surface area contributed by atoms with Gasteiger partial charge in [-0.25, -0.2) is 0 Å². The predicted octanol–water partition coefficient (Wildman–Crippen LogP) is 2.35. The Labute approximate surface area is 120 Å². The van der Waals surface area contributed by atoms with Crippen LogP contribution in [0.1, 0.15) is 12.5 Å². The number of ether oxygens (including phenoxy) is 2. The SMILES string of the molecule is CC=Cc1ccc(Oc2ccc3nnnn3n2)c(OC)c1. The Kier molecular flexibility index (Phi) is 3.46. The van der Waals surface area contributed by atoms with Crippen LogP contribution in [0.25, 0.3) is 11.7 Å². The molecule has 7 nitrogen and oxygen atoms in total. The van der Waals surface area contributed by atoms with Crippen LogP contribution in [0.5, 0.6) is 17.4 Å². The van der Waals surface area contributed by atoms with E-state index in [9.17, 15) is 0 Å². The van der Waals surface area contributed by atoms with Gasteiger partial charge in [0.15, 0.2) is 17.1 Å². The van der Waals surface area contributed by atoms with Gasteiger partial charge in [0, 0.05) is 6.07 Å². The average molecular weight is 283 g/mol. The van der Waals surface area contributed by atoms with E-state index >= 15 is 0 Å². The summed E-state index contributed by atoms with van der Waals surface area (Å²) >= 11 is 0. The largest absolute Gasteiger partial charge is 0.493 e. The van der Waals surface area contributed by atoms with Crippen LogP contribution in [0.3, 0.4) is 0 Å². The number of rotatable bonds is 4. The highest BCUT2D eigenvalue weighted by Crippen LogP contribution is 2.31.